The van der Waals surface area contributed by atoms with Crippen molar-refractivity contribution in [2.75, 3.05) is 5.32 Å². The van der Waals surface area contributed by atoms with Gasteiger partial charge in [0.25, 0.3) is 5.91 Å². The minimum absolute atomic E-state index is 0.0691. The highest BCUT2D eigenvalue weighted by molar-refractivity contribution is 9.10. The van der Waals surface area contributed by atoms with Gasteiger partial charge in [0.1, 0.15) is 5.56 Å². The number of nitrogens with one attached hydrogen (secondary N) is 1. The number of nitrogens with zero attached hydrogens (tertiary/aromatic N) is 1. The lowest BCUT2D eigenvalue weighted by atomic mass is 10.1. The maximum Gasteiger partial charge on any atom is 0.349 e. The monoisotopic (exact) mass is 434 g/mol. The molecule has 0 radical (unpaired) electrons. The first kappa shape index (κ1) is 18.0. The molecule has 0 fully saturated rings. The van der Waals surface area contributed by atoms with Crippen molar-refractivity contribution in [2.24, 2.45) is 16.5 Å². The Morgan fingerprint density at radius 3 is 2.50 bits per heavy atom. The number of fused-ring (bicyclic) bond motifs is 1. The van der Waals surface area contributed by atoms with Gasteiger partial charge in [-0.3, -0.25) is 4.79 Å². The quantitative estimate of drug-likeness (QED) is 0.330. The number of amides is 1. The van der Waals surface area contributed by atoms with E-state index in [1.807, 2.05) is 0 Å². The smallest absolute Gasteiger partial charge is 0.349 e. The van der Waals surface area contributed by atoms with Crippen LogP contribution in [0, 0.1) is 0 Å². The summed E-state index contributed by atoms with van der Waals surface area (Å²) in [7, 11) is 0. The molecule has 0 aliphatic carbocycles. The van der Waals surface area contributed by atoms with Gasteiger partial charge < -0.3 is 21.2 Å². The first-order valence-electron chi connectivity index (χ1n) is 7.27. The molecular formula is C17H12BrClN4O3. The van der Waals surface area contributed by atoms with Crippen LogP contribution in [-0.4, -0.2) is 11.9 Å². The summed E-state index contributed by atoms with van der Waals surface area (Å²) in [5.74, 6) is -0.674. The van der Waals surface area contributed by atoms with Gasteiger partial charge in [0.05, 0.1) is 10.2 Å². The lowest BCUT2D eigenvalue weighted by Gasteiger charge is -2.06. The SMILES string of the molecule is NC(N)=Nc1ccc(NC(=O)c2cc3cc(Cl)cc(Br)c3oc2=O)cc1. The van der Waals surface area contributed by atoms with Crippen LogP contribution < -0.4 is 22.4 Å². The zero-order chi connectivity index (χ0) is 18.8. The minimum Gasteiger partial charge on any atom is -0.421 e. The second-order valence-electron chi connectivity index (χ2n) is 5.29. The third-order valence-corrected chi connectivity index (χ3v) is 4.19. The summed E-state index contributed by atoms with van der Waals surface area (Å²) in [6, 6.07) is 11.1. The molecule has 132 valence electrons. The molecule has 0 atom stereocenters. The molecule has 7 nitrogen and oxygen atoms in total. The number of aliphatic imine (C=N–C) groups is 1. The largest absolute Gasteiger partial charge is 0.421 e. The van der Waals surface area contributed by atoms with E-state index in [1.54, 1.807) is 36.4 Å². The third-order valence-electron chi connectivity index (χ3n) is 3.38. The van der Waals surface area contributed by atoms with E-state index in [0.717, 1.165) is 0 Å². The van der Waals surface area contributed by atoms with Crippen molar-refractivity contribution in [3.63, 3.8) is 0 Å². The molecule has 0 saturated carbocycles. The van der Waals surface area contributed by atoms with Crippen LogP contribution in [0.3, 0.4) is 0 Å². The summed E-state index contributed by atoms with van der Waals surface area (Å²) in [5.41, 5.74) is 11.0. The van der Waals surface area contributed by atoms with E-state index in [2.05, 4.69) is 26.2 Å². The number of rotatable bonds is 3. The maximum atomic E-state index is 12.4. The van der Waals surface area contributed by atoms with Crippen molar-refractivity contribution in [2.45, 2.75) is 0 Å². The highest BCUT2D eigenvalue weighted by Gasteiger charge is 2.15. The molecule has 0 aliphatic rings. The number of carbonyl (C=O) groups excluding carboxylic acids is 1. The summed E-state index contributed by atoms with van der Waals surface area (Å²) in [6.45, 7) is 0. The van der Waals surface area contributed by atoms with Crippen LogP contribution >= 0.6 is 27.5 Å². The van der Waals surface area contributed by atoms with E-state index in [0.29, 0.717) is 31.8 Å². The van der Waals surface area contributed by atoms with Crippen molar-refractivity contribution in [1.82, 2.24) is 0 Å². The van der Waals surface area contributed by atoms with E-state index in [4.69, 9.17) is 27.5 Å². The van der Waals surface area contributed by atoms with Crippen LogP contribution in [-0.2, 0) is 0 Å². The molecule has 0 saturated heterocycles. The molecule has 2 aromatic carbocycles. The van der Waals surface area contributed by atoms with Crippen LogP contribution in [0.5, 0.6) is 0 Å². The van der Waals surface area contributed by atoms with E-state index < -0.39 is 11.5 Å². The Morgan fingerprint density at radius 2 is 1.85 bits per heavy atom. The Kier molecular flexibility index (Phi) is 4.97. The van der Waals surface area contributed by atoms with Crippen molar-refractivity contribution in [3.8, 4) is 0 Å². The van der Waals surface area contributed by atoms with Crippen molar-refractivity contribution in [1.29, 1.82) is 0 Å². The van der Waals surface area contributed by atoms with E-state index in [-0.39, 0.29) is 11.5 Å². The standard InChI is InChI=1S/C17H12BrClN4O3/c18-13-7-9(19)5-8-6-12(16(25)26-14(8)13)15(24)22-10-1-3-11(4-2-10)23-17(20)21/h1-7H,(H,22,24)(H4,20,21,23). The highest BCUT2D eigenvalue weighted by atomic mass is 79.9. The molecular weight excluding hydrogens is 424 g/mol. The molecule has 9 heteroatoms. The molecule has 3 rings (SSSR count). The number of benzene rings is 2. The van der Waals surface area contributed by atoms with Crippen LogP contribution in [0.1, 0.15) is 10.4 Å². The van der Waals surface area contributed by atoms with Crippen LogP contribution in [0.4, 0.5) is 11.4 Å². The van der Waals surface area contributed by atoms with Gasteiger partial charge in [-0.05, 0) is 58.4 Å². The topological polar surface area (TPSA) is 124 Å². The Labute approximate surface area is 160 Å². The molecule has 0 unspecified atom stereocenters. The predicted molar refractivity (Wildman–Crippen MR) is 105 cm³/mol. The average Bonchev–Trinajstić information content (AvgIpc) is 2.56. The normalized spacial score (nSPS) is 10.5. The fourth-order valence-corrected chi connectivity index (χ4v) is 3.20. The highest BCUT2D eigenvalue weighted by Crippen LogP contribution is 2.28. The van der Waals surface area contributed by atoms with Crippen molar-refractivity contribution >= 4 is 61.7 Å². The Hall–Kier alpha value is -2.84. The Morgan fingerprint density at radius 1 is 1.15 bits per heavy atom. The number of hydrogen-bond donors (Lipinski definition) is 3. The Balaban J connectivity index is 1.91. The molecule has 0 spiro atoms. The number of carbonyl (C=O) groups is 1. The summed E-state index contributed by atoms with van der Waals surface area (Å²) in [6.07, 6.45) is 0. The lowest BCUT2D eigenvalue weighted by Crippen LogP contribution is -2.22. The molecule has 0 aliphatic heterocycles. The maximum absolute atomic E-state index is 12.4. The summed E-state index contributed by atoms with van der Waals surface area (Å²) >= 11 is 9.27. The number of halogens is 2. The molecule has 26 heavy (non-hydrogen) atoms. The van der Waals surface area contributed by atoms with Crippen LogP contribution in [0.2, 0.25) is 5.02 Å². The first-order valence-corrected chi connectivity index (χ1v) is 8.44. The van der Waals surface area contributed by atoms with Crippen molar-refractivity contribution in [3.05, 3.63) is 67.9 Å². The van der Waals surface area contributed by atoms with Gasteiger partial charge in [-0.25, -0.2) is 9.79 Å². The summed E-state index contributed by atoms with van der Waals surface area (Å²) in [5, 5.41) is 3.59. The van der Waals surface area contributed by atoms with E-state index >= 15 is 0 Å². The number of anilines is 1. The number of nitrogens with two attached hydrogens (primary N) is 2. The number of hydrogen-bond acceptors (Lipinski definition) is 4. The van der Waals surface area contributed by atoms with Crippen LogP contribution in [0.15, 0.2) is 61.1 Å². The lowest BCUT2D eigenvalue weighted by molar-refractivity contribution is 0.102. The van der Waals surface area contributed by atoms with Gasteiger partial charge >= 0.3 is 5.63 Å². The van der Waals surface area contributed by atoms with Crippen molar-refractivity contribution < 1.29 is 9.21 Å². The zero-order valence-corrected chi connectivity index (χ0v) is 15.5. The second-order valence-corrected chi connectivity index (χ2v) is 6.58. The van der Waals surface area contributed by atoms with Gasteiger partial charge in [-0.1, -0.05) is 11.6 Å². The van der Waals surface area contributed by atoms with Gasteiger partial charge in [0, 0.05) is 16.1 Å². The molecule has 1 aromatic heterocycles. The molecule has 1 heterocycles. The fraction of sp³-hybridized carbons (Fsp3) is 0. The van der Waals surface area contributed by atoms with Gasteiger partial charge in [-0.2, -0.15) is 0 Å². The third kappa shape index (κ3) is 3.87. The van der Waals surface area contributed by atoms with E-state index in [9.17, 15) is 9.59 Å². The fourth-order valence-electron chi connectivity index (χ4n) is 2.28. The van der Waals surface area contributed by atoms with Gasteiger partial charge in [0.2, 0.25) is 0 Å². The summed E-state index contributed by atoms with van der Waals surface area (Å²) in [4.78, 5) is 28.5. The molecule has 3 aromatic rings. The molecule has 1 amide bonds. The average molecular weight is 436 g/mol. The van der Waals surface area contributed by atoms with Gasteiger partial charge in [0.15, 0.2) is 11.5 Å². The minimum atomic E-state index is -0.754. The predicted octanol–water partition coefficient (Wildman–Crippen LogP) is 3.37. The first-order chi connectivity index (χ1) is 12.3. The van der Waals surface area contributed by atoms with Gasteiger partial charge in [-0.15, -0.1) is 0 Å². The molecule has 5 N–H and O–H groups in total. The number of guanidine groups is 1. The second kappa shape index (κ2) is 7.19. The molecule has 0 bridgehead atoms. The Bertz CT molecular complexity index is 1090. The summed E-state index contributed by atoms with van der Waals surface area (Å²) < 4.78 is 5.76. The zero-order valence-electron chi connectivity index (χ0n) is 13.1. The van der Waals surface area contributed by atoms with Crippen LogP contribution in [0.25, 0.3) is 11.0 Å². The van der Waals surface area contributed by atoms with E-state index in [1.165, 1.54) is 6.07 Å².